The molecule has 0 saturated heterocycles. The molecule has 0 spiro atoms. The highest BCUT2D eigenvalue weighted by atomic mass is 32.1. The highest BCUT2D eigenvalue weighted by molar-refractivity contribution is 7.10. The molecule has 1 aliphatic rings. The summed E-state index contributed by atoms with van der Waals surface area (Å²) < 4.78 is 0. The molecule has 1 aliphatic carbocycles. The second kappa shape index (κ2) is 2.07. The van der Waals surface area contributed by atoms with Gasteiger partial charge in [-0.25, -0.2) is 0 Å². The van der Waals surface area contributed by atoms with Crippen molar-refractivity contribution in [2.45, 2.75) is 18.4 Å². The summed E-state index contributed by atoms with van der Waals surface area (Å²) in [5.74, 6) is 0. The molecule has 0 radical (unpaired) electrons. The molecule has 0 amide bonds. The maximum Gasteiger partial charge on any atom is 0.0527 e. The van der Waals surface area contributed by atoms with Crippen molar-refractivity contribution in [3.05, 3.63) is 22.4 Å². The van der Waals surface area contributed by atoms with Gasteiger partial charge in [-0.2, -0.15) is 0 Å². The Morgan fingerprint density at radius 1 is 1.60 bits per heavy atom. The van der Waals surface area contributed by atoms with Crippen molar-refractivity contribution in [3.8, 4) is 0 Å². The molecule has 1 N–H and O–H groups in total. The molecule has 0 unspecified atom stereocenters. The van der Waals surface area contributed by atoms with Crippen LogP contribution >= 0.6 is 11.3 Å². The molecule has 0 bridgehead atoms. The van der Waals surface area contributed by atoms with Crippen LogP contribution in [0, 0.1) is 0 Å². The van der Waals surface area contributed by atoms with Crippen molar-refractivity contribution in [2.75, 3.05) is 7.05 Å². The van der Waals surface area contributed by atoms with Crippen LogP contribution in [0.15, 0.2) is 17.5 Å². The number of hydrogen-bond acceptors (Lipinski definition) is 2. The van der Waals surface area contributed by atoms with Gasteiger partial charge in [0.15, 0.2) is 0 Å². The van der Waals surface area contributed by atoms with E-state index in [1.165, 1.54) is 17.7 Å². The van der Waals surface area contributed by atoms with Crippen LogP contribution in [0.2, 0.25) is 0 Å². The van der Waals surface area contributed by atoms with Crippen molar-refractivity contribution in [3.63, 3.8) is 0 Å². The van der Waals surface area contributed by atoms with E-state index >= 15 is 0 Å². The Bertz CT molecular complexity index is 211. The van der Waals surface area contributed by atoms with Crippen molar-refractivity contribution in [1.29, 1.82) is 0 Å². The van der Waals surface area contributed by atoms with Crippen molar-refractivity contribution < 1.29 is 0 Å². The van der Waals surface area contributed by atoms with Crippen LogP contribution in [0.25, 0.3) is 0 Å². The lowest BCUT2D eigenvalue weighted by atomic mass is 10.2. The summed E-state index contributed by atoms with van der Waals surface area (Å²) in [6.45, 7) is 0. The smallest absolute Gasteiger partial charge is 0.0527 e. The van der Waals surface area contributed by atoms with Gasteiger partial charge in [0.2, 0.25) is 0 Å². The fraction of sp³-hybridized carbons (Fsp3) is 0.500. The normalized spacial score (nSPS) is 20.9. The van der Waals surface area contributed by atoms with Gasteiger partial charge in [-0.1, -0.05) is 6.07 Å². The summed E-state index contributed by atoms with van der Waals surface area (Å²) >= 11 is 1.85. The summed E-state index contributed by atoms with van der Waals surface area (Å²) in [6.07, 6.45) is 2.62. The summed E-state index contributed by atoms with van der Waals surface area (Å²) in [6, 6.07) is 4.34. The van der Waals surface area contributed by atoms with E-state index < -0.39 is 0 Å². The van der Waals surface area contributed by atoms with Gasteiger partial charge in [0.05, 0.1) is 5.54 Å². The Labute approximate surface area is 65.1 Å². The quantitative estimate of drug-likeness (QED) is 0.685. The van der Waals surface area contributed by atoms with Gasteiger partial charge in [-0.3, -0.25) is 0 Å². The first-order chi connectivity index (χ1) is 4.87. The second-order valence-corrected chi connectivity index (χ2v) is 3.76. The van der Waals surface area contributed by atoms with Gasteiger partial charge in [0, 0.05) is 4.88 Å². The van der Waals surface area contributed by atoms with Gasteiger partial charge < -0.3 is 5.32 Å². The first-order valence-electron chi connectivity index (χ1n) is 3.60. The van der Waals surface area contributed by atoms with Crippen LogP contribution in [0.5, 0.6) is 0 Å². The van der Waals surface area contributed by atoms with E-state index in [0.717, 1.165) is 0 Å². The molecule has 0 aromatic carbocycles. The van der Waals surface area contributed by atoms with Crippen molar-refractivity contribution in [1.82, 2.24) is 5.32 Å². The first-order valence-corrected chi connectivity index (χ1v) is 4.48. The number of hydrogen-bond donors (Lipinski definition) is 1. The Kier molecular flexibility index (Phi) is 1.32. The van der Waals surface area contributed by atoms with Crippen LogP contribution in [0.1, 0.15) is 17.7 Å². The van der Waals surface area contributed by atoms with Crippen molar-refractivity contribution in [2.24, 2.45) is 0 Å². The van der Waals surface area contributed by atoms with Crippen LogP contribution < -0.4 is 5.32 Å². The lowest BCUT2D eigenvalue weighted by Crippen LogP contribution is -2.22. The summed E-state index contributed by atoms with van der Waals surface area (Å²) in [4.78, 5) is 1.50. The van der Waals surface area contributed by atoms with E-state index in [0.29, 0.717) is 5.54 Å². The van der Waals surface area contributed by atoms with Crippen LogP contribution in [-0.4, -0.2) is 7.05 Å². The molecule has 1 aromatic heterocycles. The third-order valence-electron chi connectivity index (χ3n) is 2.22. The molecule has 1 fully saturated rings. The second-order valence-electron chi connectivity index (χ2n) is 2.81. The Hall–Kier alpha value is -0.340. The minimum Gasteiger partial charge on any atom is -0.310 e. The molecule has 2 rings (SSSR count). The highest BCUT2D eigenvalue weighted by Gasteiger charge is 2.43. The molecule has 1 heterocycles. The molecule has 2 heteroatoms. The number of thiophene rings is 1. The van der Waals surface area contributed by atoms with E-state index in [-0.39, 0.29) is 0 Å². The van der Waals surface area contributed by atoms with E-state index in [2.05, 4.69) is 22.8 Å². The molecular formula is C8H11NS. The monoisotopic (exact) mass is 153 g/mol. The lowest BCUT2D eigenvalue weighted by molar-refractivity contribution is 0.597. The average molecular weight is 153 g/mol. The fourth-order valence-corrected chi connectivity index (χ4v) is 2.29. The average Bonchev–Trinajstić information content (AvgIpc) is 2.58. The minimum atomic E-state index is 0.383. The third kappa shape index (κ3) is 0.796. The molecule has 54 valence electrons. The van der Waals surface area contributed by atoms with Gasteiger partial charge in [-0.15, -0.1) is 11.3 Å². The standard InChI is InChI=1S/C8H11NS/c1-9-8(4-5-8)7-3-2-6-10-7/h2-3,6,9H,4-5H2,1H3. The van der Waals surface area contributed by atoms with E-state index in [9.17, 15) is 0 Å². The fourth-order valence-electron chi connectivity index (χ4n) is 1.30. The zero-order valence-corrected chi connectivity index (χ0v) is 6.87. The Balaban J connectivity index is 2.27. The Morgan fingerprint density at radius 3 is 2.80 bits per heavy atom. The summed E-state index contributed by atoms with van der Waals surface area (Å²) in [7, 11) is 2.05. The van der Waals surface area contributed by atoms with Crippen molar-refractivity contribution >= 4 is 11.3 Å². The van der Waals surface area contributed by atoms with Gasteiger partial charge in [-0.05, 0) is 31.3 Å². The van der Waals surface area contributed by atoms with E-state index in [1.807, 2.05) is 18.4 Å². The van der Waals surface area contributed by atoms with Crippen LogP contribution in [0.4, 0.5) is 0 Å². The van der Waals surface area contributed by atoms with Crippen LogP contribution in [0.3, 0.4) is 0 Å². The van der Waals surface area contributed by atoms with Gasteiger partial charge >= 0.3 is 0 Å². The van der Waals surface area contributed by atoms with E-state index in [4.69, 9.17) is 0 Å². The summed E-state index contributed by atoms with van der Waals surface area (Å²) in [5, 5.41) is 5.51. The molecule has 0 aliphatic heterocycles. The highest BCUT2D eigenvalue weighted by Crippen LogP contribution is 2.46. The van der Waals surface area contributed by atoms with Crippen LogP contribution in [-0.2, 0) is 5.54 Å². The minimum absolute atomic E-state index is 0.383. The zero-order valence-electron chi connectivity index (χ0n) is 6.05. The molecule has 10 heavy (non-hydrogen) atoms. The summed E-state index contributed by atoms with van der Waals surface area (Å²) in [5.41, 5.74) is 0.383. The molecule has 1 nitrogen and oxygen atoms in total. The zero-order chi connectivity index (χ0) is 7.03. The van der Waals surface area contributed by atoms with E-state index in [1.54, 1.807) is 0 Å². The largest absolute Gasteiger partial charge is 0.310 e. The topological polar surface area (TPSA) is 12.0 Å². The molecule has 0 atom stereocenters. The maximum atomic E-state index is 3.37. The predicted molar refractivity (Wildman–Crippen MR) is 44.3 cm³/mol. The van der Waals surface area contributed by atoms with Gasteiger partial charge in [0.1, 0.15) is 0 Å². The molecule has 1 saturated carbocycles. The third-order valence-corrected chi connectivity index (χ3v) is 3.30. The van der Waals surface area contributed by atoms with Gasteiger partial charge in [0.25, 0.3) is 0 Å². The number of rotatable bonds is 2. The lowest BCUT2D eigenvalue weighted by Gasteiger charge is -2.10. The molecular weight excluding hydrogens is 142 g/mol. The SMILES string of the molecule is CNC1(c2cccs2)CC1. The maximum absolute atomic E-state index is 3.37. The first kappa shape index (κ1) is 6.38. The Morgan fingerprint density at radius 2 is 2.40 bits per heavy atom. The predicted octanol–water partition coefficient (Wildman–Crippen LogP) is 1.96. The molecule has 1 aromatic rings. The number of nitrogens with one attached hydrogen (secondary N) is 1.